The van der Waals surface area contributed by atoms with Crippen LogP contribution < -0.4 is 11.1 Å². The molecule has 1 aromatic carbocycles. The van der Waals surface area contributed by atoms with Crippen LogP contribution in [0.2, 0.25) is 0 Å². The Kier molecular flexibility index (Phi) is 10.0. The summed E-state index contributed by atoms with van der Waals surface area (Å²) in [4.78, 5) is 81.0. The number of oxime groups is 1. The number of hydrogen-bond donors (Lipinski definition) is 8. The van der Waals surface area contributed by atoms with Gasteiger partial charge in [0.25, 0.3) is 23.4 Å². The van der Waals surface area contributed by atoms with Crippen molar-refractivity contribution in [2.24, 2.45) is 5.16 Å². The van der Waals surface area contributed by atoms with Crippen LogP contribution in [0.1, 0.15) is 40.1 Å². The van der Waals surface area contributed by atoms with Gasteiger partial charge in [-0.1, -0.05) is 5.16 Å². The van der Waals surface area contributed by atoms with Crippen LogP contribution in [0.3, 0.4) is 0 Å². The zero-order valence-corrected chi connectivity index (χ0v) is 29.2. The molecule has 21 nitrogen and oxygen atoms in total. The van der Waals surface area contributed by atoms with Gasteiger partial charge >= 0.3 is 17.9 Å². The lowest BCUT2D eigenvalue weighted by Gasteiger charge is -2.49. The molecule has 2 amide bonds. The molecular weight excluding hydrogens is 763 g/mol. The minimum Gasteiger partial charge on any atom is -0.504 e. The minimum atomic E-state index is -2.01. The molecular formula is C29H25N9O12S3. The fourth-order valence-electron chi connectivity index (χ4n) is 5.24. The first kappa shape index (κ1) is 36.6. The number of benzene rings is 1. The number of carboxylic acids is 3. The number of phenols is 3. The third-order valence-corrected chi connectivity index (χ3v) is 10.6. The van der Waals surface area contributed by atoms with Crippen LogP contribution in [0.5, 0.6) is 17.2 Å². The highest BCUT2D eigenvalue weighted by Crippen LogP contribution is 2.42. The SMILES string of the molecule is Cc1cc(SCCC2=C(C(=O)O)N3C(=O)[C@@H](NC(=O)C(=NOC(C(=O)O)c4cc(O)c(O)c(O)c4)c4csc(N)n4)[C@H]3SC2)n2nc(C(=O)O)nc2n1. The second kappa shape index (κ2) is 14.5. The monoisotopic (exact) mass is 787 g/mol. The van der Waals surface area contributed by atoms with Crippen molar-refractivity contribution in [3.05, 3.63) is 57.6 Å². The van der Waals surface area contributed by atoms with Crippen molar-refractivity contribution in [2.45, 2.75) is 35.9 Å². The molecule has 2 aliphatic rings. The molecule has 0 aliphatic carbocycles. The van der Waals surface area contributed by atoms with Gasteiger partial charge in [-0.15, -0.1) is 40.0 Å². The Hall–Kier alpha value is -6.14. The zero-order valence-electron chi connectivity index (χ0n) is 26.7. The molecule has 3 aromatic heterocycles. The van der Waals surface area contributed by atoms with Crippen LogP contribution >= 0.6 is 34.9 Å². The van der Waals surface area contributed by atoms with Gasteiger partial charge in [0.15, 0.2) is 28.1 Å². The maximum absolute atomic E-state index is 13.5. The summed E-state index contributed by atoms with van der Waals surface area (Å²) in [5.74, 6) is -8.60. The molecule has 0 radical (unpaired) electrons. The number of nitrogens with one attached hydrogen (secondary N) is 1. The summed E-state index contributed by atoms with van der Waals surface area (Å²) >= 11 is 3.37. The van der Waals surface area contributed by atoms with Crippen LogP contribution in [0.15, 0.2) is 45.0 Å². The molecule has 1 unspecified atom stereocenters. The standard InChI is InChI=1S/C29H25N9O12S3/c1-9-4-15(38-29(31-9)34-21(35-38)27(48)49)51-3-2-10-7-52-24-17(23(43)37(24)18(10)25(44)45)33-22(42)16(12-8-53-28(30)32-12)36-50-20(26(46)47)11-5-13(39)19(41)14(40)6-11/h4-6,8,17,20,24,39-41H,2-3,7H2,1H3,(H2,30,32)(H,33,42)(H,44,45)(H,46,47)(H,48,49)/t17-,20?,24-/m1/s1. The average Bonchev–Trinajstić information content (AvgIpc) is 3.73. The number of carboxylic acid groups (broad SMARTS) is 3. The first-order valence-electron chi connectivity index (χ1n) is 14.9. The Morgan fingerprint density at radius 1 is 1.09 bits per heavy atom. The van der Waals surface area contributed by atoms with E-state index >= 15 is 0 Å². The Morgan fingerprint density at radius 3 is 2.43 bits per heavy atom. The fraction of sp³-hybridized carbons (Fsp3) is 0.241. The number of hydrogen-bond acceptors (Lipinski definition) is 18. The van der Waals surface area contributed by atoms with Crippen LogP contribution in [0.25, 0.3) is 5.78 Å². The highest BCUT2D eigenvalue weighted by molar-refractivity contribution is 8.00. The molecule has 6 rings (SSSR count). The third-order valence-electron chi connectivity index (χ3n) is 7.64. The molecule has 0 bridgehead atoms. The van der Waals surface area contributed by atoms with Crippen LogP contribution in [-0.4, -0.2) is 118 Å². The molecule has 2 aliphatic heterocycles. The van der Waals surface area contributed by atoms with E-state index in [1.807, 2.05) is 0 Å². The number of rotatable bonds is 13. The summed E-state index contributed by atoms with van der Waals surface area (Å²) < 4.78 is 1.28. The van der Waals surface area contributed by atoms with E-state index < -0.39 is 76.0 Å². The average molecular weight is 788 g/mol. The number of aromatic hydroxyl groups is 3. The first-order chi connectivity index (χ1) is 25.1. The minimum absolute atomic E-state index is 0.00843. The zero-order chi connectivity index (χ0) is 38.3. The van der Waals surface area contributed by atoms with Crippen molar-refractivity contribution in [3.63, 3.8) is 0 Å². The highest BCUT2D eigenvalue weighted by atomic mass is 32.2. The molecule has 0 spiro atoms. The summed E-state index contributed by atoms with van der Waals surface area (Å²) in [5, 5.41) is 69.6. The van der Waals surface area contributed by atoms with Gasteiger partial charge in [0, 0.05) is 28.1 Å². The summed E-state index contributed by atoms with van der Waals surface area (Å²) in [5.41, 5.74) is 5.37. The number of β-lactam (4-membered cyclic amide) rings is 1. The first-order valence-corrected chi connectivity index (χ1v) is 17.8. The van der Waals surface area contributed by atoms with Gasteiger partial charge in [0.2, 0.25) is 6.10 Å². The molecule has 3 atom stereocenters. The Bertz CT molecular complexity index is 2250. The number of nitrogens with zero attached hydrogens (tertiary/aromatic N) is 7. The maximum Gasteiger partial charge on any atom is 0.375 e. The van der Waals surface area contributed by atoms with Crippen molar-refractivity contribution >= 4 is 81.2 Å². The summed E-state index contributed by atoms with van der Waals surface area (Å²) in [6.45, 7) is 1.70. The van der Waals surface area contributed by atoms with Gasteiger partial charge in [-0.2, -0.15) is 9.50 Å². The van der Waals surface area contributed by atoms with Gasteiger partial charge in [-0.25, -0.2) is 24.4 Å². The van der Waals surface area contributed by atoms with E-state index in [-0.39, 0.29) is 40.0 Å². The second-order valence-electron chi connectivity index (χ2n) is 11.1. The van der Waals surface area contributed by atoms with Crippen molar-refractivity contribution in [2.75, 3.05) is 17.2 Å². The van der Waals surface area contributed by atoms with Crippen molar-refractivity contribution in [1.82, 2.24) is 34.8 Å². The molecule has 276 valence electrons. The predicted octanol–water partition coefficient (Wildman–Crippen LogP) is 0.754. The summed E-state index contributed by atoms with van der Waals surface area (Å²) in [6.07, 6.45) is -1.79. The molecule has 1 fully saturated rings. The summed E-state index contributed by atoms with van der Waals surface area (Å²) in [6, 6.07) is 2.05. The van der Waals surface area contributed by atoms with Gasteiger partial charge < -0.3 is 46.5 Å². The normalized spacial score (nSPS) is 17.6. The number of aliphatic carboxylic acids is 2. The van der Waals surface area contributed by atoms with Gasteiger partial charge in [0.1, 0.15) is 27.8 Å². The van der Waals surface area contributed by atoms with E-state index in [1.165, 1.54) is 33.4 Å². The van der Waals surface area contributed by atoms with E-state index in [2.05, 4.69) is 30.5 Å². The van der Waals surface area contributed by atoms with E-state index in [4.69, 9.17) is 10.6 Å². The lowest BCUT2D eigenvalue weighted by molar-refractivity contribution is -0.151. The smallest absolute Gasteiger partial charge is 0.375 e. The van der Waals surface area contributed by atoms with Crippen LogP contribution in [0.4, 0.5) is 5.13 Å². The number of anilines is 1. The summed E-state index contributed by atoms with van der Waals surface area (Å²) in [7, 11) is 0. The Labute approximate surface area is 307 Å². The number of amides is 2. The quantitative estimate of drug-likeness (QED) is 0.0231. The topological polar surface area (TPSA) is 326 Å². The third kappa shape index (κ3) is 7.18. The number of nitrogens with two attached hydrogens (primary N) is 1. The number of phenolic OH excluding ortho intramolecular Hbond substituents is 3. The molecule has 5 heterocycles. The van der Waals surface area contributed by atoms with E-state index in [1.54, 1.807) is 13.0 Å². The molecule has 1 saturated heterocycles. The second-order valence-corrected chi connectivity index (χ2v) is 14.3. The highest BCUT2D eigenvalue weighted by Gasteiger charge is 2.54. The molecule has 9 N–H and O–H groups in total. The number of aromatic nitrogens is 5. The number of aryl methyl sites for hydroxylation is 1. The Morgan fingerprint density at radius 2 is 1.81 bits per heavy atom. The fourth-order valence-corrected chi connectivity index (χ4v) is 8.23. The van der Waals surface area contributed by atoms with Gasteiger partial charge in [0.05, 0.1) is 0 Å². The predicted molar refractivity (Wildman–Crippen MR) is 183 cm³/mol. The molecule has 53 heavy (non-hydrogen) atoms. The Balaban J connectivity index is 1.18. The van der Waals surface area contributed by atoms with Gasteiger partial charge in [-0.3, -0.25) is 14.5 Å². The maximum atomic E-state index is 13.5. The lowest BCUT2D eigenvalue weighted by atomic mass is 10.0. The largest absolute Gasteiger partial charge is 0.504 e. The van der Waals surface area contributed by atoms with E-state index in [0.717, 1.165) is 28.4 Å². The van der Waals surface area contributed by atoms with E-state index in [9.17, 15) is 54.6 Å². The number of carbonyl (C=O) groups is 5. The van der Waals surface area contributed by atoms with Crippen molar-refractivity contribution in [3.8, 4) is 17.2 Å². The number of fused-ring (bicyclic) bond motifs is 2. The molecule has 0 saturated carbocycles. The lowest BCUT2D eigenvalue weighted by Crippen LogP contribution is -2.71. The van der Waals surface area contributed by atoms with Crippen LogP contribution in [-0.2, 0) is 24.0 Å². The number of thioether (sulfide) groups is 2. The number of carbonyl (C=O) groups excluding carboxylic acids is 2. The van der Waals surface area contributed by atoms with Crippen LogP contribution in [0, 0.1) is 6.92 Å². The van der Waals surface area contributed by atoms with E-state index in [0.29, 0.717) is 22.0 Å². The van der Waals surface area contributed by atoms with Crippen molar-refractivity contribution in [1.29, 1.82) is 0 Å². The number of nitrogen functional groups attached to an aromatic ring is 1. The van der Waals surface area contributed by atoms with Crippen molar-refractivity contribution < 1.29 is 59.4 Å². The number of aromatic carboxylic acids is 1. The molecule has 4 aromatic rings. The molecule has 24 heteroatoms. The number of thiazole rings is 1. The van der Waals surface area contributed by atoms with Gasteiger partial charge in [-0.05, 0) is 37.1 Å².